The zero-order chi connectivity index (χ0) is 22.8. The Morgan fingerprint density at radius 3 is 2.67 bits per heavy atom. The largest absolute Gasteiger partial charge is 0.490 e. The van der Waals surface area contributed by atoms with E-state index in [9.17, 15) is 4.39 Å². The summed E-state index contributed by atoms with van der Waals surface area (Å²) in [5.41, 5.74) is 0.742. The molecule has 0 radical (unpaired) electrons. The van der Waals surface area contributed by atoms with Crippen molar-refractivity contribution >= 4 is 23.4 Å². The molecule has 5 rings (SSSR count). The lowest BCUT2D eigenvalue weighted by Gasteiger charge is -2.51. The maximum atomic E-state index is 15.3. The van der Waals surface area contributed by atoms with Gasteiger partial charge in [0.05, 0.1) is 25.1 Å². The molecule has 1 saturated heterocycles. The quantitative estimate of drug-likeness (QED) is 0.406. The van der Waals surface area contributed by atoms with Crippen molar-refractivity contribution in [2.45, 2.75) is 35.7 Å². The predicted molar refractivity (Wildman–Crippen MR) is 124 cm³/mol. The van der Waals surface area contributed by atoms with Crippen molar-refractivity contribution in [3.63, 3.8) is 0 Å². The van der Waals surface area contributed by atoms with Gasteiger partial charge < -0.3 is 9.47 Å². The Labute approximate surface area is 200 Å². The second-order valence-electron chi connectivity index (χ2n) is 8.48. The van der Waals surface area contributed by atoms with E-state index in [-0.39, 0.29) is 24.4 Å². The Hall–Kier alpha value is -2.22. The third-order valence-electron chi connectivity index (χ3n) is 6.66. The molecule has 172 valence electrons. The summed E-state index contributed by atoms with van der Waals surface area (Å²) in [5, 5.41) is 8.37. The van der Waals surface area contributed by atoms with E-state index in [1.165, 1.54) is 6.07 Å². The fraction of sp³-hybridized carbons (Fsp3) is 0.360. The normalized spacial score (nSPS) is 24.0. The van der Waals surface area contributed by atoms with Gasteiger partial charge >= 0.3 is 0 Å². The summed E-state index contributed by atoms with van der Waals surface area (Å²) in [4.78, 5) is 1.03. The van der Waals surface area contributed by atoms with Gasteiger partial charge in [0, 0.05) is 39.2 Å². The van der Waals surface area contributed by atoms with Crippen LogP contribution in [0.25, 0.3) is 0 Å². The molecule has 0 amide bonds. The summed E-state index contributed by atoms with van der Waals surface area (Å²) in [5.74, 6) is -0.213. The van der Waals surface area contributed by atoms with E-state index in [4.69, 9.17) is 21.1 Å². The zero-order valence-electron chi connectivity index (χ0n) is 17.8. The molecule has 3 heterocycles. The first-order valence-electron chi connectivity index (χ1n) is 10.9. The number of aromatic nitrogens is 2. The maximum absolute atomic E-state index is 15.3. The Morgan fingerprint density at radius 2 is 1.88 bits per heavy atom. The van der Waals surface area contributed by atoms with Crippen LogP contribution in [0.3, 0.4) is 0 Å². The van der Waals surface area contributed by atoms with E-state index in [1.807, 2.05) is 30.3 Å². The second-order valence-corrected chi connectivity index (χ2v) is 10.1. The number of benzene rings is 2. The first-order chi connectivity index (χ1) is 16.1. The van der Waals surface area contributed by atoms with Crippen LogP contribution in [0, 0.1) is 17.6 Å². The number of nitrogens with zero attached hydrogens (tertiary/aromatic N) is 2. The number of hydrogen-bond donors (Lipinski definition) is 0. The minimum absolute atomic E-state index is 0.0399. The number of halogens is 3. The zero-order valence-corrected chi connectivity index (χ0v) is 19.4. The fourth-order valence-electron chi connectivity index (χ4n) is 5.15. The molecule has 1 fully saturated rings. The van der Waals surface area contributed by atoms with Crippen LogP contribution in [0.2, 0.25) is 5.02 Å². The van der Waals surface area contributed by atoms with Crippen LogP contribution in [0.15, 0.2) is 59.8 Å². The highest BCUT2D eigenvalue weighted by atomic mass is 35.5. The van der Waals surface area contributed by atoms with Crippen molar-refractivity contribution in [1.82, 2.24) is 10.2 Å². The van der Waals surface area contributed by atoms with Gasteiger partial charge in [-0.15, -0.1) is 11.8 Å². The van der Waals surface area contributed by atoms with Crippen LogP contribution in [0.1, 0.15) is 24.0 Å². The molecule has 1 aromatic heterocycles. The summed E-state index contributed by atoms with van der Waals surface area (Å²) < 4.78 is 42.0. The number of hydrogen-bond acceptors (Lipinski definition) is 5. The Kier molecular flexibility index (Phi) is 6.54. The van der Waals surface area contributed by atoms with Crippen LogP contribution in [-0.2, 0) is 16.6 Å². The highest BCUT2D eigenvalue weighted by Gasteiger charge is 2.53. The molecule has 2 aliphatic heterocycles. The van der Waals surface area contributed by atoms with Crippen molar-refractivity contribution in [1.29, 1.82) is 0 Å². The Balaban J connectivity index is 1.48. The number of thioether (sulfide) groups is 1. The van der Waals surface area contributed by atoms with Crippen molar-refractivity contribution in [3.05, 3.63) is 82.6 Å². The van der Waals surface area contributed by atoms with Crippen molar-refractivity contribution in [2.75, 3.05) is 19.0 Å². The highest BCUT2D eigenvalue weighted by molar-refractivity contribution is 7.99. The van der Waals surface area contributed by atoms with Crippen molar-refractivity contribution in [2.24, 2.45) is 5.92 Å². The molecule has 2 aliphatic rings. The van der Waals surface area contributed by atoms with Crippen molar-refractivity contribution < 1.29 is 18.3 Å². The van der Waals surface area contributed by atoms with E-state index in [1.54, 1.807) is 24.2 Å². The van der Waals surface area contributed by atoms with Crippen LogP contribution >= 0.6 is 23.4 Å². The summed E-state index contributed by atoms with van der Waals surface area (Å²) in [6, 6.07) is 11.8. The van der Waals surface area contributed by atoms with Crippen LogP contribution < -0.4 is 4.74 Å². The summed E-state index contributed by atoms with van der Waals surface area (Å²) in [6.45, 7) is 0.763. The molecule has 0 saturated carbocycles. The Bertz CT molecular complexity index is 1120. The first kappa shape index (κ1) is 22.6. The number of ether oxygens (including phenoxy) is 2. The van der Waals surface area contributed by atoms with Crippen LogP contribution in [0.5, 0.6) is 5.75 Å². The van der Waals surface area contributed by atoms with Gasteiger partial charge in [-0.3, -0.25) is 0 Å². The van der Waals surface area contributed by atoms with Gasteiger partial charge in [-0.05, 0) is 55.2 Å². The third kappa shape index (κ3) is 4.46. The molecule has 0 aliphatic carbocycles. The molecule has 8 heteroatoms. The molecule has 0 bridgehead atoms. The lowest BCUT2D eigenvalue weighted by Crippen LogP contribution is -2.55. The molecule has 0 unspecified atom stereocenters. The lowest BCUT2D eigenvalue weighted by atomic mass is 9.60. The SMILES string of the molecule is Fc1ccc(F)c2c1OC[C@H]1[C@H](CCSc3ccnnc3)OCC[C@@]21Cc1ccc(Cl)cc1. The highest BCUT2D eigenvalue weighted by Crippen LogP contribution is 2.53. The average Bonchev–Trinajstić information content (AvgIpc) is 2.83. The van der Waals surface area contributed by atoms with Crippen molar-refractivity contribution in [3.8, 4) is 5.75 Å². The topological polar surface area (TPSA) is 44.2 Å². The molecule has 0 N–H and O–H groups in total. The summed E-state index contributed by atoms with van der Waals surface area (Å²) >= 11 is 7.76. The molecule has 3 aromatic rings. The van der Waals surface area contributed by atoms with Gasteiger partial charge in [0.25, 0.3) is 0 Å². The fourth-order valence-corrected chi connectivity index (χ4v) is 6.14. The molecule has 2 aromatic carbocycles. The van der Waals surface area contributed by atoms with Gasteiger partial charge in [-0.25, -0.2) is 8.78 Å². The van der Waals surface area contributed by atoms with E-state index >= 15 is 4.39 Å². The van der Waals surface area contributed by atoms with E-state index in [0.29, 0.717) is 30.0 Å². The molecular formula is C25H23ClF2N2O2S. The maximum Gasteiger partial charge on any atom is 0.165 e. The van der Waals surface area contributed by atoms with Crippen LogP contribution in [0.4, 0.5) is 8.78 Å². The van der Waals surface area contributed by atoms with Gasteiger partial charge in [0.1, 0.15) is 5.82 Å². The van der Waals surface area contributed by atoms with Gasteiger partial charge in [-0.1, -0.05) is 23.7 Å². The second kappa shape index (κ2) is 9.57. The lowest BCUT2D eigenvalue weighted by molar-refractivity contribution is -0.0961. The van der Waals surface area contributed by atoms with E-state index < -0.39 is 17.0 Å². The van der Waals surface area contributed by atoms with Gasteiger partial charge in [-0.2, -0.15) is 10.2 Å². The number of rotatable bonds is 6. The minimum Gasteiger partial charge on any atom is -0.490 e. The molecule has 4 nitrogen and oxygen atoms in total. The molecular weight excluding hydrogens is 466 g/mol. The van der Waals surface area contributed by atoms with Gasteiger partial charge in [0.15, 0.2) is 11.6 Å². The smallest absolute Gasteiger partial charge is 0.165 e. The summed E-state index contributed by atoms with van der Waals surface area (Å²) in [6.07, 6.45) is 5.18. The minimum atomic E-state index is -0.626. The van der Waals surface area contributed by atoms with E-state index in [0.717, 1.165) is 28.7 Å². The molecule has 0 spiro atoms. The van der Waals surface area contributed by atoms with Gasteiger partial charge in [0.2, 0.25) is 0 Å². The Morgan fingerprint density at radius 1 is 1.06 bits per heavy atom. The van der Waals surface area contributed by atoms with Crippen LogP contribution in [-0.4, -0.2) is 35.3 Å². The average molecular weight is 489 g/mol. The standard InChI is InChI=1S/C25H23ClF2N2O2S/c26-17-3-1-16(2-4-17)13-25-9-11-31-22(8-12-33-18-7-10-29-30-14-18)19(25)15-32-24-21(28)6-5-20(27)23(24)25/h1-7,10,14,19,22H,8-9,11-13,15H2/t19-,22-,25-/m0/s1. The third-order valence-corrected chi connectivity index (χ3v) is 7.93. The predicted octanol–water partition coefficient (Wildman–Crippen LogP) is 5.87. The molecule has 33 heavy (non-hydrogen) atoms. The summed E-state index contributed by atoms with van der Waals surface area (Å²) in [7, 11) is 0. The van der Waals surface area contributed by atoms with E-state index in [2.05, 4.69) is 10.2 Å². The first-order valence-corrected chi connectivity index (χ1v) is 12.3. The monoisotopic (exact) mass is 488 g/mol. The molecule has 3 atom stereocenters. The number of fused-ring (bicyclic) bond motifs is 3.